The number of aryl methyl sites for hydroxylation is 1. The fourth-order valence-electron chi connectivity index (χ4n) is 4.00. The number of amides is 1. The average molecular weight is 402 g/mol. The molecule has 1 aliphatic carbocycles. The highest BCUT2D eigenvalue weighted by Crippen LogP contribution is 2.35. The summed E-state index contributed by atoms with van der Waals surface area (Å²) in [6.07, 6.45) is 3.51. The summed E-state index contributed by atoms with van der Waals surface area (Å²) in [5.74, 6) is 1.21. The molecule has 0 saturated heterocycles. The molecule has 1 aromatic carbocycles. The van der Waals surface area contributed by atoms with Crippen LogP contribution in [0.15, 0.2) is 30.3 Å². The second-order valence-corrected chi connectivity index (χ2v) is 9.12. The van der Waals surface area contributed by atoms with Crippen molar-refractivity contribution in [1.82, 2.24) is 15.1 Å². The zero-order valence-electron chi connectivity index (χ0n) is 15.8. The monoisotopic (exact) mass is 401 g/mol. The molecule has 27 heavy (non-hydrogen) atoms. The molecule has 0 spiro atoms. The number of nitrogens with zero attached hydrogens (tertiary/aromatic N) is 2. The highest BCUT2D eigenvalue weighted by atomic mass is 35.5. The summed E-state index contributed by atoms with van der Waals surface area (Å²) < 4.78 is 1.85. The fourth-order valence-corrected chi connectivity index (χ4v) is 5.10. The van der Waals surface area contributed by atoms with Crippen molar-refractivity contribution in [2.75, 3.05) is 0 Å². The Morgan fingerprint density at radius 2 is 2.00 bits per heavy atom. The lowest BCUT2D eigenvalue weighted by molar-refractivity contribution is 0.0895. The number of fused-ring (bicyclic) bond motifs is 1. The van der Waals surface area contributed by atoms with Gasteiger partial charge < -0.3 is 5.32 Å². The normalized spacial score (nSPS) is 22.9. The number of hydrogen-bond donors (Lipinski definition) is 1. The first-order valence-corrected chi connectivity index (χ1v) is 10.7. The van der Waals surface area contributed by atoms with E-state index in [2.05, 4.69) is 24.3 Å². The van der Waals surface area contributed by atoms with Crippen molar-refractivity contribution in [3.05, 3.63) is 40.2 Å². The van der Waals surface area contributed by atoms with E-state index in [1.165, 1.54) is 24.2 Å². The zero-order valence-corrected chi connectivity index (χ0v) is 17.4. The van der Waals surface area contributed by atoms with Gasteiger partial charge in [0.05, 0.1) is 4.88 Å². The molecule has 0 radical (unpaired) electrons. The van der Waals surface area contributed by atoms with Crippen LogP contribution in [0.4, 0.5) is 0 Å². The highest BCUT2D eigenvalue weighted by molar-refractivity contribution is 7.20. The maximum absolute atomic E-state index is 12.9. The van der Waals surface area contributed by atoms with E-state index >= 15 is 0 Å². The third-order valence-electron chi connectivity index (χ3n) is 5.88. The van der Waals surface area contributed by atoms with Crippen LogP contribution in [0, 0.1) is 11.8 Å². The molecule has 4 rings (SSSR count). The molecule has 2 aromatic heterocycles. The second-order valence-electron chi connectivity index (χ2n) is 7.66. The van der Waals surface area contributed by atoms with Crippen molar-refractivity contribution in [3.63, 3.8) is 0 Å². The van der Waals surface area contributed by atoms with E-state index < -0.39 is 0 Å². The fraction of sp³-hybridized carbons (Fsp3) is 0.429. The molecule has 1 fully saturated rings. The minimum absolute atomic E-state index is 0.0317. The number of carbonyl (C=O) groups is 1. The molecule has 0 bridgehead atoms. The third-order valence-corrected chi connectivity index (χ3v) is 7.33. The molecule has 1 saturated carbocycles. The predicted molar refractivity (Wildman–Crippen MR) is 112 cm³/mol. The number of hydrogen-bond acceptors (Lipinski definition) is 3. The number of nitrogens with one attached hydrogen (secondary N) is 1. The lowest BCUT2D eigenvalue weighted by Gasteiger charge is -2.34. The van der Waals surface area contributed by atoms with Crippen molar-refractivity contribution in [3.8, 4) is 11.3 Å². The molecule has 0 unspecified atom stereocenters. The van der Waals surface area contributed by atoms with Gasteiger partial charge in [0.25, 0.3) is 5.91 Å². The number of benzene rings is 1. The lowest BCUT2D eigenvalue weighted by atomic mass is 9.78. The smallest absolute Gasteiger partial charge is 0.261 e. The maximum atomic E-state index is 12.9. The molecule has 1 aliphatic rings. The van der Waals surface area contributed by atoms with Gasteiger partial charge in [-0.25, -0.2) is 0 Å². The molecule has 0 aliphatic heterocycles. The molecular formula is C21H24ClN3OS. The van der Waals surface area contributed by atoms with E-state index in [9.17, 15) is 4.79 Å². The van der Waals surface area contributed by atoms with Crippen LogP contribution in [0.5, 0.6) is 0 Å². The Labute approximate surface area is 168 Å². The number of halogens is 1. The minimum atomic E-state index is 0.0317. The Kier molecular flexibility index (Phi) is 4.99. The van der Waals surface area contributed by atoms with Crippen molar-refractivity contribution in [2.45, 2.75) is 39.2 Å². The van der Waals surface area contributed by atoms with Crippen LogP contribution in [-0.2, 0) is 7.05 Å². The van der Waals surface area contributed by atoms with E-state index in [1.807, 2.05) is 42.1 Å². The van der Waals surface area contributed by atoms with E-state index in [0.29, 0.717) is 16.9 Å². The molecule has 3 atom stereocenters. The van der Waals surface area contributed by atoms with Gasteiger partial charge in [-0.2, -0.15) is 5.10 Å². The van der Waals surface area contributed by atoms with Gasteiger partial charge in [0.15, 0.2) is 0 Å². The predicted octanol–water partition coefficient (Wildman–Crippen LogP) is 5.51. The largest absolute Gasteiger partial charge is 0.348 e. The van der Waals surface area contributed by atoms with E-state index in [0.717, 1.165) is 32.8 Å². The number of rotatable bonds is 3. The first-order chi connectivity index (χ1) is 12.9. The third kappa shape index (κ3) is 3.50. The average Bonchev–Trinajstić information content (AvgIpc) is 3.21. The first kappa shape index (κ1) is 18.5. The van der Waals surface area contributed by atoms with Crippen molar-refractivity contribution in [1.29, 1.82) is 0 Å². The Hall–Kier alpha value is -1.85. The van der Waals surface area contributed by atoms with Crippen LogP contribution in [-0.4, -0.2) is 21.7 Å². The van der Waals surface area contributed by atoms with Crippen LogP contribution in [0.2, 0.25) is 5.02 Å². The summed E-state index contributed by atoms with van der Waals surface area (Å²) in [6.45, 7) is 4.54. The van der Waals surface area contributed by atoms with Crippen LogP contribution in [0.1, 0.15) is 42.8 Å². The summed E-state index contributed by atoms with van der Waals surface area (Å²) in [6, 6.07) is 9.90. The minimum Gasteiger partial charge on any atom is -0.348 e. The molecule has 1 N–H and O–H groups in total. The molecule has 2 heterocycles. The molecular weight excluding hydrogens is 378 g/mol. The van der Waals surface area contributed by atoms with Crippen molar-refractivity contribution in [2.24, 2.45) is 18.9 Å². The van der Waals surface area contributed by atoms with Crippen LogP contribution >= 0.6 is 22.9 Å². The topological polar surface area (TPSA) is 46.9 Å². The van der Waals surface area contributed by atoms with Gasteiger partial charge in [0, 0.05) is 29.1 Å². The van der Waals surface area contributed by atoms with E-state index in [1.54, 1.807) is 0 Å². The van der Waals surface area contributed by atoms with Crippen LogP contribution in [0.3, 0.4) is 0 Å². The Morgan fingerprint density at radius 3 is 2.74 bits per heavy atom. The number of carbonyl (C=O) groups excluding carboxylic acids is 1. The van der Waals surface area contributed by atoms with Gasteiger partial charge in [-0.3, -0.25) is 9.48 Å². The van der Waals surface area contributed by atoms with E-state index in [4.69, 9.17) is 11.6 Å². The quantitative estimate of drug-likeness (QED) is 0.628. The number of aromatic nitrogens is 2. The number of thiophene rings is 1. The van der Waals surface area contributed by atoms with Gasteiger partial charge in [0.2, 0.25) is 0 Å². The summed E-state index contributed by atoms with van der Waals surface area (Å²) in [4.78, 5) is 14.6. The Balaban J connectivity index is 1.62. The zero-order chi connectivity index (χ0) is 19.1. The van der Waals surface area contributed by atoms with Crippen LogP contribution < -0.4 is 5.32 Å². The molecule has 142 valence electrons. The SMILES string of the molecule is C[C@H]1[C@H](C)CCC[C@H]1NC(=O)c1cc2c(-c3ccc(Cl)cc3)nn(C)c2s1. The van der Waals surface area contributed by atoms with Gasteiger partial charge in [-0.15, -0.1) is 11.3 Å². The molecule has 3 aromatic rings. The van der Waals surface area contributed by atoms with Gasteiger partial charge in [-0.1, -0.05) is 50.4 Å². The molecule has 4 nitrogen and oxygen atoms in total. The molecule has 1 amide bonds. The standard InChI is InChI=1S/C21H24ClN3OS/c1-12-5-4-6-17(13(12)2)23-20(26)18-11-16-19(24-25(3)21(16)27-18)14-7-9-15(22)10-8-14/h7-13,17H,4-6H2,1-3H3,(H,23,26)/t12-,13+,17-/m1/s1. The summed E-state index contributed by atoms with van der Waals surface area (Å²) >= 11 is 7.51. The van der Waals surface area contributed by atoms with Crippen molar-refractivity contribution >= 4 is 39.1 Å². The highest BCUT2D eigenvalue weighted by Gasteiger charge is 2.29. The van der Waals surface area contributed by atoms with Crippen molar-refractivity contribution < 1.29 is 4.79 Å². The first-order valence-electron chi connectivity index (χ1n) is 9.47. The maximum Gasteiger partial charge on any atom is 0.261 e. The van der Waals surface area contributed by atoms with Gasteiger partial charge in [-0.05, 0) is 36.5 Å². The Morgan fingerprint density at radius 1 is 1.26 bits per heavy atom. The van der Waals surface area contributed by atoms with Gasteiger partial charge >= 0.3 is 0 Å². The van der Waals surface area contributed by atoms with E-state index in [-0.39, 0.29) is 11.9 Å². The molecule has 6 heteroatoms. The lowest BCUT2D eigenvalue weighted by Crippen LogP contribution is -2.43. The second kappa shape index (κ2) is 7.28. The summed E-state index contributed by atoms with van der Waals surface area (Å²) in [5.41, 5.74) is 1.89. The summed E-state index contributed by atoms with van der Waals surface area (Å²) in [7, 11) is 1.92. The Bertz CT molecular complexity index is 975. The summed E-state index contributed by atoms with van der Waals surface area (Å²) in [5, 5.41) is 9.63. The van der Waals surface area contributed by atoms with Crippen LogP contribution in [0.25, 0.3) is 21.5 Å². The van der Waals surface area contributed by atoms with Gasteiger partial charge in [0.1, 0.15) is 10.5 Å².